The number of para-hydroxylation sites is 1. The highest BCUT2D eigenvalue weighted by Crippen LogP contribution is 2.36. The minimum Gasteiger partial charge on any atom is -0.322 e. The molecule has 1 aliphatic heterocycles. The number of pyridine rings is 1. The molecule has 0 bridgehead atoms. The smallest absolute Gasteiger partial charge is 0.248 e. The van der Waals surface area contributed by atoms with E-state index in [2.05, 4.69) is 4.98 Å². The van der Waals surface area contributed by atoms with Crippen LogP contribution in [0.2, 0.25) is 0 Å². The van der Waals surface area contributed by atoms with E-state index in [4.69, 9.17) is 0 Å². The Balaban J connectivity index is 1.73. The van der Waals surface area contributed by atoms with Crippen LogP contribution in [0, 0.1) is 11.8 Å². The second-order valence-electron chi connectivity index (χ2n) is 6.12. The van der Waals surface area contributed by atoms with Gasteiger partial charge in [0.05, 0.1) is 18.4 Å². The Morgan fingerprint density at radius 1 is 1.00 bits per heavy atom. The number of H-pyrrole nitrogens is 1. The Hall–Kier alpha value is -2.69. The van der Waals surface area contributed by atoms with Gasteiger partial charge in [-0.25, -0.2) is 0 Å². The molecule has 2 atom stereocenters. The van der Waals surface area contributed by atoms with Gasteiger partial charge in [0.1, 0.15) is 0 Å². The summed E-state index contributed by atoms with van der Waals surface area (Å²) in [5, 5.41) is 0.862. The third-order valence-corrected chi connectivity index (χ3v) is 4.76. The number of aromatic nitrogens is 1. The van der Waals surface area contributed by atoms with Crippen molar-refractivity contribution in [1.82, 2.24) is 9.88 Å². The third kappa shape index (κ3) is 2.20. The second kappa shape index (κ2) is 5.19. The van der Waals surface area contributed by atoms with E-state index >= 15 is 0 Å². The predicted octanol–water partition coefficient (Wildman–Crippen LogP) is 1.98. The zero-order valence-corrected chi connectivity index (χ0v) is 12.5. The standard InChI is InChI=1S/C18H16N2O3/c21-16-9-11(12-5-3-4-8-15(12)19-16)10-20-17(22)13-6-1-2-7-14(13)18(20)23/h1-5,8-9,13-14H,6-7,10H2,(H,19,21)/t13-,14-/m1/s1. The van der Waals surface area contributed by atoms with Gasteiger partial charge in [-0.15, -0.1) is 0 Å². The molecule has 0 saturated carbocycles. The number of nitrogens with zero attached hydrogens (tertiary/aromatic N) is 1. The van der Waals surface area contributed by atoms with E-state index in [1.807, 2.05) is 36.4 Å². The molecule has 5 heteroatoms. The molecule has 0 spiro atoms. The summed E-state index contributed by atoms with van der Waals surface area (Å²) in [5.74, 6) is -0.705. The Labute approximate surface area is 132 Å². The molecule has 2 amide bonds. The van der Waals surface area contributed by atoms with Gasteiger partial charge in [-0.05, 0) is 24.5 Å². The van der Waals surface area contributed by atoms with E-state index in [9.17, 15) is 14.4 Å². The van der Waals surface area contributed by atoms with Crippen molar-refractivity contribution >= 4 is 22.7 Å². The molecular weight excluding hydrogens is 292 g/mol. The van der Waals surface area contributed by atoms with Gasteiger partial charge in [0.2, 0.25) is 17.4 Å². The fraction of sp³-hybridized carbons (Fsp3) is 0.278. The van der Waals surface area contributed by atoms with Crippen molar-refractivity contribution in [3.63, 3.8) is 0 Å². The van der Waals surface area contributed by atoms with Gasteiger partial charge in [0, 0.05) is 17.0 Å². The number of allylic oxidation sites excluding steroid dienone is 2. The Kier molecular flexibility index (Phi) is 3.15. The number of amides is 2. The van der Waals surface area contributed by atoms with Crippen LogP contribution in [0.4, 0.5) is 0 Å². The lowest BCUT2D eigenvalue weighted by Crippen LogP contribution is -2.31. The van der Waals surface area contributed by atoms with Crippen LogP contribution in [0.5, 0.6) is 0 Å². The first kappa shape index (κ1) is 13.9. The molecule has 5 nitrogen and oxygen atoms in total. The highest BCUT2D eigenvalue weighted by atomic mass is 16.2. The second-order valence-corrected chi connectivity index (χ2v) is 6.12. The fourth-order valence-electron chi connectivity index (χ4n) is 3.60. The summed E-state index contributed by atoms with van der Waals surface area (Å²) >= 11 is 0. The molecule has 1 aromatic carbocycles. The van der Waals surface area contributed by atoms with Crippen molar-refractivity contribution < 1.29 is 9.59 Å². The number of carbonyl (C=O) groups is 2. The van der Waals surface area contributed by atoms with Crippen molar-refractivity contribution in [3.05, 3.63) is 58.4 Å². The predicted molar refractivity (Wildman–Crippen MR) is 85.5 cm³/mol. The highest BCUT2D eigenvalue weighted by molar-refractivity contribution is 6.05. The summed E-state index contributed by atoms with van der Waals surface area (Å²) < 4.78 is 0. The van der Waals surface area contributed by atoms with Crippen LogP contribution in [0.1, 0.15) is 18.4 Å². The van der Waals surface area contributed by atoms with Gasteiger partial charge in [-0.2, -0.15) is 0 Å². The minimum atomic E-state index is -0.235. The molecular formula is C18H16N2O3. The summed E-state index contributed by atoms with van der Waals surface area (Å²) in [6.07, 6.45) is 5.20. The first-order valence-corrected chi connectivity index (χ1v) is 7.76. The van der Waals surface area contributed by atoms with Gasteiger partial charge < -0.3 is 4.98 Å². The van der Waals surface area contributed by atoms with Crippen molar-refractivity contribution in [3.8, 4) is 0 Å². The summed E-state index contributed by atoms with van der Waals surface area (Å²) in [7, 11) is 0. The van der Waals surface area contributed by atoms with E-state index in [1.54, 1.807) is 0 Å². The van der Waals surface area contributed by atoms with Crippen molar-refractivity contribution in [2.45, 2.75) is 19.4 Å². The van der Waals surface area contributed by atoms with Gasteiger partial charge in [0.25, 0.3) is 0 Å². The van der Waals surface area contributed by atoms with E-state index in [1.165, 1.54) is 11.0 Å². The maximum atomic E-state index is 12.6. The summed E-state index contributed by atoms with van der Waals surface area (Å²) in [6, 6.07) is 8.90. The zero-order chi connectivity index (χ0) is 16.0. The Morgan fingerprint density at radius 2 is 1.65 bits per heavy atom. The fourth-order valence-corrected chi connectivity index (χ4v) is 3.60. The Morgan fingerprint density at radius 3 is 2.35 bits per heavy atom. The van der Waals surface area contributed by atoms with Gasteiger partial charge in [0.15, 0.2) is 0 Å². The number of carbonyl (C=O) groups excluding carboxylic acids is 2. The number of hydrogen-bond donors (Lipinski definition) is 1. The van der Waals surface area contributed by atoms with Gasteiger partial charge >= 0.3 is 0 Å². The van der Waals surface area contributed by atoms with Gasteiger partial charge in [-0.1, -0.05) is 30.4 Å². The molecule has 2 heterocycles. The largest absolute Gasteiger partial charge is 0.322 e. The number of likely N-dealkylation sites (tertiary alicyclic amines) is 1. The molecule has 116 valence electrons. The number of aromatic amines is 1. The average Bonchev–Trinajstić information content (AvgIpc) is 2.80. The number of benzene rings is 1. The quantitative estimate of drug-likeness (QED) is 0.681. The van der Waals surface area contributed by atoms with Crippen LogP contribution in [-0.4, -0.2) is 21.7 Å². The van der Waals surface area contributed by atoms with Crippen LogP contribution in [0.3, 0.4) is 0 Å². The molecule has 0 radical (unpaired) electrons. The minimum absolute atomic E-state index is 0.117. The van der Waals surface area contributed by atoms with Crippen molar-refractivity contribution in [2.75, 3.05) is 0 Å². The summed E-state index contributed by atoms with van der Waals surface area (Å²) in [4.78, 5) is 41.1. The van der Waals surface area contributed by atoms with Crippen molar-refractivity contribution in [2.24, 2.45) is 11.8 Å². The molecule has 1 N–H and O–H groups in total. The van der Waals surface area contributed by atoms with E-state index in [-0.39, 0.29) is 35.8 Å². The zero-order valence-electron chi connectivity index (χ0n) is 12.5. The number of imide groups is 1. The van der Waals surface area contributed by atoms with Crippen LogP contribution < -0.4 is 5.56 Å². The van der Waals surface area contributed by atoms with Crippen LogP contribution in [0.15, 0.2) is 47.3 Å². The third-order valence-electron chi connectivity index (χ3n) is 4.76. The van der Waals surface area contributed by atoms with Crippen LogP contribution in [0.25, 0.3) is 10.9 Å². The molecule has 2 aromatic rings. The van der Waals surface area contributed by atoms with E-state index in [0.717, 1.165) is 5.39 Å². The molecule has 1 aromatic heterocycles. The summed E-state index contributed by atoms with van der Waals surface area (Å²) in [5.41, 5.74) is 1.20. The number of fused-ring (bicyclic) bond motifs is 2. The number of hydrogen-bond acceptors (Lipinski definition) is 3. The lowest BCUT2D eigenvalue weighted by Gasteiger charge is -2.16. The van der Waals surface area contributed by atoms with E-state index < -0.39 is 0 Å². The normalized spacial score (nSPS) is 23.6. The van der Waals surface area contributed by atoms with Crippen LogP contribution >= 0.6 is 0 Å². The molecule has 2 aliphatic rings. The lowest BCUT2D eigenvalue weighted by molar-refractivity contribution is -0.140. The number of nitrogens with one attached hydrogen (secondary N) is 1. The highest BCUT2D eigenvalue weighted by Gasteiger charge is 2.47. The maximum absolute atomic E-state index is 12.6. The first-order chi connectivity index (χ1) is 11.1. The van der Waals surface area contributed by atoms with Gasteiger partial charge in [-0.3, -0.25) is 19.3 Å². The molecule has 1 fully saturated rings. The molecule has 1 saturated heterocycles. The monoisotopic (exact) mass is 308 g/mol. The molecule has 23 heavy (non-hydrogen) atoms. The first-order valence-electron chi connectivity index (χ1n) is 7.76. The molecule has 4 rings (SSSR count). The van der Waals surface area contributed by atoms with E-state index in [0.29, 0.717) is 23.9 Å². The van der Waals surface area contributed by atoms with Crippen molar-refractivity contribution in [1.29, 1.82) is 0 Å². The van der Waals surface area contributed by atoms with Crippen LogP contribution in [-0.2, 0) is 16.1 Å². The summed E-state index contributed by atoms with van der Waals surface area (Å²) in [6.45, 7) is 0.162. The molecule has 0 unspecified atom stereocenters. The average molecular weight is 308 g/mol. The maximum Gasteiger partial charge on any atom is 0.248 e. The topological polar surface area (TPSA) is 70.2 Å². The Bertz CT molecular complexity index is 871. The molecule has 1 aliphatic carbocycles. The number of rotatable bonds is 2. The SMILES string of the molecule is O=C1[C@@H]2CC=CC[C@H]2C(=O)N1Cc1cc(=O)[nH]c2ccccc12. The lowest BCUT2D eigenvalue weighted by atomic mass is 9.85.